The molecule has 1 aromatic heterocycles. The number of carbonyl (C=O) groups excluding carboxylic acids is 1. The Morgan fingerprint density at radius 1 is 1.15 bits per heavy atom. The van der Waals surface area contributed by atoms with Gasteiger partial charge in [0, 0.05) is 19.3 Å². The molecule has 176 valence electrons. The van der Waals surface area contributed by atoms with Crippen LogP contribution in [0.25, 0.3) is 5.69 Å². The summed E-state index contributed by atoms with van der Waals surface area (Å²) in [5, 5.41) is 11.9. The van der Waals surface area contributed by atoms with Gasteiger partial charge in [0.05, 0.1) is 23.1 Å². The van der Waals surface area contributed by atoms with E-state index in [0.29, 0.717) is 18.5 Å². The Labute approximate surface area is 198 Å². The van der Waals surface area contributed by atoms with Crippen LogP contribution < -0.4 is 16.6 Å². The third-order valence-electron chi connectivity index (χ3n) is 5.15. The number of aromatic nitrogens is 2. The zero-order valence-electron chi connectivity index (χ0n) is 18.6. The monoisotopic (exact) mass is 480 g/mol. The van der Waals surface area contributed by atoms with E-state index in [0.717, 1.165) is 16.6 Å². The predicted octanol–water partition coefficient (Wildman–Crippen LogP) is 2.32. The number of benzene rings is 2. The first kappa shape index (κ1) is 24.8. The van der Waals surface area contributed by atoms with Crippen LogP contribution in [0.4, 0.5) is 0 Å². The first-order valence-corrected chi connectivity index (χ1v) is 11.9. The van der Waals surface area contributed by atoms with Gasteiger partial charge in [-0.25, -0.2) is 13.6 Å². The molecular formula is C24H24N4O5S. The standard InChI is InChI=1S/C24H24N4O5S/c1-2-3-11-27-15-21(22(29)26-14-17-7-9-18(10-8-17)16-34(32)33)23(30)28(24(27)31)20-6-4-5-19(12-20)13-25/h4-10,12,15H,2-3,11,14,16H2,1H3,(H,26,29)(H,32,33). The van der Waals surface area contributed by atoms with Crippen molar-refractivity contribution in [3.05, 3.63) is 97.8 Å². The molecule has 34 heavy (non-hydrogen) atoms. The predicted molar refractivity (Wildman–Crippen MR) is 128 cm³/mol. The average molecular weight is 481 g/mol. The second kappa shape index (κ2) is 11.4. The second-order valence-electron chi connectivity index (χ2n) is 7.64. The van der Waals surface area contributed by atoms with Crippen molar-refractivity contribution in [2.75, 3.05) is 0 Å². The van der Waals surface area contributed by atoms with Gasteiger partial charge in [-0.3, -0.25) is 14.2 Å². The number of hydrogen-bond donors (Lipinski definition) is 2. The Hall–Kier alpha value is -3.81. The smallest absolute Gasteiger partial charge is 0.335 e. The van der Waals surface area contributed by atoms with Crippen LogP contribution in [-0.2, 0) is 29.9 Å². The van der Waals surface area contributed by atoms with Gasteiger partial charge < -0.3 is 9.87 Å². The summed E-state index contributed by atoms with van der Waals surface area (Å²) in [4.78, 5) is 39.1. The van der Waals surface area contributed by atoms with Gasteiger partial charge in [-0.05, 0) is 35.7 Å². The molecule has 0 aliphatic carbocycles. The highest BCUT2D eigenvalue weighted by molar-refractivity contribution is 7.78. The molecule has 2 N–H and O–H groups in total. The average Bonchev–Trinajstić information content (AvgIpc) is 2.83. The highest BCUT2D eigenvalue weighted by Gasteiger charge is 2.18. The molecule has 0 saturated carbocycles. The molecule has 0 radical (unpaired) electrons. The Morgan fingerprint density at radius 3 is 2.50 bits per heavy atom. The van der Waals surface area contributed by atoms with E-state index in [2.05, 4.69) is 5.32 Å². The Bertz CT molecular complexity index is 1370. The highest BCUT2D eigenvalue weighted by atomic mass is 32.2. The molecule has 1 amide bonds. The van der Waals surface area contributed by atoms with E-state index in [9.17, 15) is 23.9 Å². The molecule has 0 bridgehead atoms. The van der Waals surface area contributed by atoms with Crippen molar-refractivity contribution < 1.29 is 13.6 Å². The SMILES string of the molecule is CCCCn1cc(C(=O)NCc2ccc(CS(=O)O)cc2)c(=O)n(-c2cccc(C#N)c2)c1=O. The molecule has 0 spiro atoms. The van der Waals surface area contributed by atoms with Gasteiger partial charge in [0.1, 0.15) is 5.56 Å². The summed E-state index contributed by atoms with van der Waals surface area (Å²) in [5.41, 5.74) is 0.375. The molecule has 0 aliphatic heterocycles. The van der Waals surface area contributed by atoms with E-state index < -0.39 is 28.2 Å². The van der Waals surface area contributed by atoms with E-state index in [4.69, 9.17) is 4.55 Å². The van der Waals surface area contributed by atoms with Crippen LogP contribution in [0.1, 0.15) is 46.8 Å². The van der Waals surface area contributed by atoms with Crippen molar-refractivity contribution in [3.8, 4) is 11.8 Å². The number of nitrogens with one attached hydrogen (secondary N) is 1. The van der Waals surface area contributed by atoms with Crippen LogP contribution in [0, 0.1) is 11.3 Å². The minimum atomic E-state index is -1.94. The van der Waals surface area contributed by atoms with Crippen LogP contribution in [0.2, 0.25) is 0 Å². The highest BCUT2D eigenvalue weighted by Crippen LogP contribution is 2.09. The summed E-state index contributed by atoms with van der Waals surface area (Å²) in [6, 6.07) is 14.9. The van der Waals surface area contributed by atoms with Crippen molar-refractivity contribution in [1.82, 2.24) is 14.5 Å². The number of nitrogens with zero attached hydrogens (tertiary/aromatic N) is 3. The Morgan fingerprint density at radius 2 is 1.85 bits per heavy atom. The Balaban J connectivity index is 1.94. The molecule has 1 atom stereocenters. The first-order chi connectivity index (χ1) is 16.3. The number of nitriles is 1. The van der Waals surface area contributed by atoms with Gasteiger partial charge >= 0.3 is 5.69 Å². The van der Waals surface area contributed by atoms with Crippen molar-refractivity contribution in [3.63, 3.8) is 0 Å². The quantitative estimate of drug-likeness (QED) is 0.452. The van der Waals surface area contributed by atoms with Crippen LogP contribution in [0.5, 0.6) is 0 Å². The maximum absolute atomic E-state index is 13.2. The summed E-state index contributed by atoms with van der Waals surface area (Å²) < 4.78 is 22.1. The molecule has 1 heterocycles. The summed E-state index contributed by atoms with van der Waals surface area (Å²) in [5.74, 6) is -0.626. The normalized spacial score (nSPS) is 11.6. The van der Waals surface area contributed by atoms with Crippen LogP contribution in [0.3, 0.4) is 0 Å². The topological polar surface area (TPSA) is 134 Å². The van der Waals surface area contributed by atoms with Gasteiger partial charge in [-0.15, -0.1) is 0 Å². The summed E-state index contributed by atoms with van der Waals surface area (Å²) >= 11 is -1.94. The lowest BCUT2D eigenvalue weighted by Crippen LogP contribution is -2.43. The summed E-state index contributed by atoms with van der Waals surface area (Å²) in [7, 11) is 0. The van der Waals surface area contributed by atoms with E-state index in [-0.39, 0.29) is 29.1 Å². The lowest BCUT2D eigenvalue weighted by molar-refractivity contribution is 0.0948. The Kier molecular flexibility index (Phi) is 8.29. The molecular weight excluding hydrogens is 456 g/mol. The third-order valence-corrected chi connectivity index (χ3v) is 5.73. The molecule has 9 nitrogen and oxygen atoms in total. The molecule has 0 aliphatic rings. The van der Waals surface area contributed by atoms with Gasteiger partial charge in [0.15, 0.2) is 11.1 Å². The van der Waals surface area contributed by atoms with Gasteiger partial charge in [0.2, 0.25) is 0 Å². The van der Waals surface area contributed by atoms with Gasteiger partial charge in [-0.1, -0.05) is 43.7 Å². The number of hydrogen-bond acceptors (Lipinski definition) is 5. The minimum absolute atomic E-state index is 0.0124. The number of amides is 1. The first-order valence-electron chi connectivity index (χ1n) is 10.6. The van der Waals surface area contributed by atoms with Crippen molar-refractivity contribution in [2.45, 2.75) is 38.6 Å². The van der Waals surface area contributed by atoms with Crippen LogP contribution >= 0.6 is 0 Å². The molecule has 2 aromatic carbocycles. The summed E-state index contributed by atoms with van der Waals surface area (Å²) in [6.07, 6.45) is 2.78. The largest absolute Gasteiger partial charge is 0.348 e. The molecule has 1 unspecified atom stereocenters. The van der Waals surface area contributed by atoms with E-state index in [1.807, 2.05) is 13.0 Å². The maximum Gasteiger partial charge on any atom is 0.335 e. The minimum Gasteiger partial charge on any atom is -0.348 e. The van der Waals surface area contributed by atoms with E-state index in [1.54, 1.807) is 36.4 Å². The van der Waals surface area contributed by atoms with E-state index >= 15 is 0 Å². The van der Waals surface area contributed by atoms with Gasteiger partial charge in [-0.2, -0.15) is 5.26 Å². The van der Waals surface area contributed by atoms with Crippen molar-refractivity contribution in [1.29, 1.82) is 5.26 Å². The lowest BCUT2D eigenvalue weighted by atomic mass is 10.1. The summed E-state index contributed by atoms with van der Waals surface area (Å²) in [6.45, 7) is 2.43. The zero-order valence-corrected chi connectivity index (χ0v) is 19.4. The second-order valence-corrected chi connectivity index (χ2v) is 8.57. The number of aryl methyl sites for hydroxylation is 1. The number of unbranched alkanes of at least 4 members (excludes halogenated alkanes) is 1. The van der Waals surface area contributed by atoms with Gasteiger partial charge in [0.25, 0.3) is 11.5 Å². The third kappa shape index (κ3) is 5.95. The lowest BCUT2D eigenvalue weighted by Gasteiger charge is -2.13. The molecule has 3 aromatic rings. The number of rotatable bonds is 9. The fourth-order valence-electron chi connectivity index (χ4n) is 3.36. The maximum atomic E-state index is 13.2. The van der Waals surface area contributed by atoms with Crippen molar-refractivity contribution in [2.24, 2.45) is 0 Å². The van der Waals surface area contributed by atoms with E-state index in [1.165, 1.54) is 22.9 Å². The fraction of sp³-hybridized carbons (Fsp3) is 0.250. The fourth-order valence-corrected chi connectivity index (χ4v) is 3.84. The molecule has 0 fully saturated rings. The number of carbonyl (C=O) groups is 1. The zero-order chi connectivity index (χ0) is 24.7. The molecule has 3 rings (SSSR count). The van der Waals surface area contributed by atoms with Crippen LogP contribution in [0.15, 0.2) is 64.3 Å². The molecule has 0 saturated heterocycles. The molecule has 10 heteroatoms. The van der Waals surface area contributed by atoms with Crippen LogP contribution in [-0.4, -0.2) is 23.8 Å². The van der Waals surface area contributed by atoms with Crippen molar-refractivity contribution >= 4 is 17.0 Å².